The van der Waals surface area contributed by atoms with Crippen molar-refractivity contribution in [3.05, 3.63) is 0 Å². The van der Waals surface area contributed by atoms with E-state index in [4.69, 9.17) is 0 Å². The molecule has 12 heavy (non-hydrogen) atoms. The SMILES string of the molecule is C1CN2N=NC23N=NC32N=NN12. The van der Waals surface area contributed by atoms with Crippen LogP contribution in [-0.4, -0.2) is 34.7 Å². The van der Waals surface area contributed by atoms with Gasteiger partial charge in [0.1, 0.15) is 0 Å². The van der Waals surface area contributed by atoms with Gasteiger partial charge in [0.15, 0.2) is 0 Å². The molecular formula is C4H4N8. The van der Waals surface area contributed by atoms with Crippen molar-refractivity contribution in [2.45, 2.75) is 11.6 Å². The molecule has 2 unspecified atom stereocenters. The van der Waals surface area contributed by atoms with Gasteiger partial charge < -0.3 is 0 Å². The van der Waals surface area contributed by atoms with Gasteiger partial charge in [0.25, 0.3) is 0 Å². The molecule has 0 radical (unpaired) electrons. The number of piperazine rings is 1. The number of hydrogen-bond donors (Lipinski definition) is 0. The fourth-order valence-corrected chi connectivity index (χ4v) is 1.83. The van der Waals surface area contributed by atoms with Crippen LogP contribution in [0.4, 0.5) is 0 Å². The molecule has 2 atom stereocenters. The molecular weight excluding hydrogens is 160 g/mol. The summed E-state index contributed by atoms with van der Waals surface area (Å²) in [6.07, 6.45) is 0. The number of azo groups is 1. The highest BCUT2D eigenvalue weighted by Crippen LogP contribution is 2.56. The third kappa shape index (κ3) is 0.244. The number of nitrogens with zero attached hydrogens (tertiary/aromatic N) is 8. The Morgan fingerprint density at radius 3 is 1.50 bits per heavy atom. The van der Waals surface area contributed by atoms with Gasteiger partial charge in [0, 0.05) is 0 Å². The Morgan fingerprint density at radius 2 is 1.25 bits per heavy atom. The molecule has 4 rings (SSSR count). The van der Waals surface area contributed by atoms with Crippen molar-refractivity contribution >= 4 is 0 Å². The Balaban J connectivity index is 1.98. The highest BCUT2D eigenvalue weighted by molar-refractivity contribution is 5.17. The maximum absolute atomic E-state index is 3.96. The van der Waals surface area contributed by atoms with E-state index in [1.165, 1.54) is 0 Å². The summed E-state index contributed by atoms with van der Waals surface area (Å²) >= 11 is 0. The van der Waals surface area contributed by atoms with Crippen LogP contribution in [0.2, 0.25) is 0 Å². The maximum Gasteiger partial charge on any atom is 0.352 e. The molecule has 4 heterocycles. The lowest BCUT2D eigenvalue weighted by Crippen LogP contribution is -2.79. The smallest absolute Gasteiger partial charge is 0.221 e. The quantitative estimate of drug-likeness (QED) is 0.510. The fraction of sp³-hybridized carbons (Fsp3) is 1.00. The third-order valence-corrected chi connectivity index (χ3v) is 2.61. The van der Waals surface area contributed by atoms with Crippen molar-refractivity contribution in [2.75, 3.05) is 13.1 Å². The Morgan fingerprint density at radius 1 is 0.750 bits per heavy atom. The van der Waals surface area contributed by atoms with Crippen LogP contribution < -0.4 is 0 Å². The van der Waals surface area contributed by atoms with E-state index < -0.39 is 11.6 Å². The van der Waals surface area contributed by atoms with Crippen LogP contribution in [-0.2, 0) is 0 Å². The van der Waals surface area contributed by atoms with Gasteiger partial charge >= 0.3 is 11.6 Å². The predicted octanol–water partition coefficient (Wildman–Crippen LogP) is 0.139. The van der Waals surface area contributed by atoms with Gasteiger partial charge in [0.2, 0.25) is 0 Å². The van der Waals surface area contributed by atoms with Gasteiger partial charge in [-0.1, -0.05) is 10.4 Å². The van der Waals surface area contributed by atoms with E-state index in [0.29, 0.717) is 0 Å². The number of rotatable bonds is 0. The molecule has 0 amide bonds. The van der Waals surface area contributed by atoms with Crippen molar-refractivity contribution in [3.63, 3.8) is 0 Å². The van der Waals surface area contributed by atoms with Crippen LogP contribution in [0.3, 0.4) is 0 Å². The molecule has 0 aromatic carbocycles. The largest absolute Gasteiger partial charge is 0.352 e. The first kappa shape index (κ1) is 5.12. The number of hydrogen-bond acceptors (Lipinski definition) is 8. The highest BCUT2D eigenvalue weighted by atomic mass is 15.9. The minimum atomic E-state index is -0.632. The van der Waals surface area contributed by atoms with Gasteiger partial charge in [-0.15, -0.1) is 20.5 Å². The summed E-state index contributed by atoms with van der Waals surface area (Å²) in [5, 5.41) is 27.2. The van der Waals surface area contributed by atoms with Gasteiger partial charge in [0.05, 0.1) is 13.1 Å². The second-order valence-electron chi connectivity index (χ2n) is 3.10. The lowest BCUT2D eigenvalue weighted by Gasteiger charge is -2.59. The van der Waals surface area contributed by atoms with Gasteiger partial charge in [-0.2, -0.15) is 0 Å². The third-order valence-electron chi connectivity index (χ3n) is 2.61. The summed E-state index contributed by atoms with van der Waals surface area (Å²) in [4.78, 5) is 0. The van der Waals surface area contributed by atoms with Crippen molar-refractivity contribution in [2.24, 2.45) is 30.9 Å². The predicted molar refractivity (Wildman–Crippen MR) is 33.4 cm³/mol. The molecule has 4 aliphatic rings. The zero-order valence-electron chi connectivity index (χ0n) is 5.99. The van der Waals surface area contributed by atoms with E-state index in [2.05, 4.69) is 30.9 Å². The standard InChI is InChI=1S/C4H4N8/c1-2-12-4(8-10-12)3(5-6-4)7-9-11(1)3/h1-2H2. The fourth-order valence-electron chi connectivity index (χ4n) is 1.83. The van der Waals surface area contributed by atoms with Gasteiger partial charge in [-0.05, 0) is 0 Å². The normalized spacial score (nSPS) is 50.0. The van der Waals surface area contributed by atoms with E-state index >= 15 is 0 Å². The molecule has 0 bridgehead atoms. The molecule has 0 aromatic rings. The first-order chi connectivity index (χ1) is 5.87. The van der Waals surface area contributed by atoms with Crippen molar-refractivity contribution in [1.29, 1.82) is 0 Å². The molecule has 2 spiro atoms. The van der Waals surface area contributed by atoms with Crippen molar-refractivity contribution < 1.29 is 0 Å². The van der Waals surface area contributed by atoms with Crippen LogP contribution in [0.25, 0.3) is 0 Å². The second-order valence-corrected chi connectivity index (χ2v) is 3.10. The average Bonchev–Trinajstić information content (AvgIpc) is 1.89. The molecule has 0 saturated carbocycles. The monoisotopic (exact) mass is 164 g/mol. The van der Waals surface area contributed by atoms with E-state index in [-0.39, 0.29) is 0 Å². The lowest BCUT2D eigenvalue weighted by atomic mass is 10.0. The van der Waals surface area contributed by atoms with Crippen LogP contribution in [0.5, 0.6) is 0 Å². The highest BCUT2D eigenvalue weighted by Gasteiger charge is 2.77. The molecule has 0 aliphatic carbocycles. The zero-order chi connectivity index (χ0) is 7.81. The van der Waals surface area contributed by atoms with Crippen molar-refractivity contribution in [3.8, 4) is 0 Å². The molecule has 0 aromatic heterocycles. The first-order valence-electron chi connectivity index (χ1n) is 3.72. The molecule has 60 valence electrons. The molecule has 0 N–H and O–H groups in total. The van der Waals surface area contributed by atoms with Crippen LogP contribution >= 0.6 is 0 Å². The summed E-state index contributed by atoms with van der Waals surface area (Å²) in [6.45, 7) is 1.59. The van der Waals surface area contributed by atoms with Crippen LogP contribution in [0, 0.1) is 0 Å². The summed E-state index contributed by atoms with van der Waals surface area (Å²) in [6, 6.07) is 0. The Hall–Kier alpha value is -1.60. The first-order valence-corrected chi connectivity index (χ1v) is 3.72. The summed E-state index contributed by atoms with van der Waals surface area (Å²) in [5.41, 5.74) is 0. The minimum Gasteiger partial charge on any atom is -0.221 e. The van der Waals surface area contributed by atoms with E-state index in [9.17, 15) is 0 Å². The topological polar surface area (TPSA) is 80.6 Å². The Kier molecular flexibility index (Phi) is 0.475. The molecule has 8 nitrogen and oxygen atoms in total. The summed E-state index contributed by atoms with van der Waals surface area (Å²) < 4.78 is 0. The van der Waals surface area contributed by atoms with Gasteiger partial charge in [-0.25, -0.2) is 10.0 Å². The molecule has 4 aliphatic heterocycles. The van der Waals surface area contributed by atoms with E-state index in [1.807, 2.05) is 10.0 Å². The lowest BCUT2D eigenvalue weighted by molar-refractivity contribution is -0.233. The summed E-state index contributed by atoms with van der Waals surface area (Å²) in [5.74, 6) is -1.26. The minimum absolute atomic E-state index is 0.632. The van der Waals surface area contributed by atoms with Crippen molar-refractivity contribution in [1.82, 2.24) is 10.0 Å². The van der Waals surface area contributed by atoms with Gasteiger partial charge in [-0.3, -0.25) is 0 Å². The maximum atomic E-state index is 3.96. The molecule has 1 saturated heterocycles. The Bertz CT molecular complexity index is 324. The zero-order valence-corrected chi connectivity index (χ0v) is 5.99. The van der Waals surface area contributed by atoms with E-state index in [1.54, 1.807) is 0 Å². The summed E-state index contributed by atoms with van der Waals surface area (Å²) in [7, 11) is 0. The van der Waals surface area contributed by atoms with E-state index in [0.717, 1.165) is 13.1 Å². The Labute approximate surface area is 66.6 Å². The van der Waals surface area contributed by atoms with Crippen LogP contribution in [0.1, 0.15) is 0 Å². The second kappa shape index (κ2) is 1.11. The van der Waals surface area contributed by atoms with Crippen LogP contribution in [0.15, 0.2) is 30.9 Å². The molecule has 8 heteroatoms. The average molecular weight is 164 g/mol. The molecule has 1 fully saturated rings.